The highest BCUT2D eigenvalue weighted by Crippen LogP contribution is 2.40. The van der Waals surface area contributed by atoms with Crippen LogP contribution in [0.1, 0.15) is 38.7 Å². The summed E-state index contributed by atoms with van der Waals surface area (Å²) in [7, 11) is 0. The van der Waals surface area contributed by atoms with E-state index in [9.17, 15) is 4.79 Å². The van der Waals surface area contributed by atoms with Crippen LogP contribution in [-0.2, 0) is 11.3 Å². The van der Waals surface area contributed by atoms with Crippen LogP contribution in [0.25, 0.3) is 0 Å². The van der Waals surface area contributed by atoms with Gasteiger partial charge in [-0.2, -0.15) is 5.10 Å². The Labute approximate surface area is 144 Å². The quantitative estimate of drug-likeness (QED) is 0.920. The molecule has 6 nitrogen and oxygen atoms in total. The highest BCUT2D eigenvalue weighted by atomic mass is 16.5. The Hall–Kier alpha value is -1.56. The van der Waals surface area contributed by atoms with E-state index in [1.54, 1.807) is 0 Å². The number of morpholine rings is 1. The predicted molar refractivity (Wildman–Crippen MR) is 92.8 cm³/mol. The van der Waals surface area contributed by atoms with Crippen LogP contribution in [0, 0.1) is 18.3 Å². The van der Waals surface area contributed by atoms with Crippen LogP contribution in [0.4, 0.5) is 4.79 Å². The van der Waals surface area contributed by atoms with Gasteiger partial charge in [0.25, 0.3) is 0 Å². The fourth-order valence-corrected chi connectivity index (χ4v) is 3.89. The Morgan fingerprint density at radius 1 is 1.50 bits per heavy atom. The minimum absolute atomic E-state index is 0.00853. The van der Waals surface area contributed by atoms with Crippen LogP contribution in [0.3, 0.4) is 0 Å². The third-order valence-corrected chi connectivity index (χ3v) is 5.19. The molecule has 1 N–H and O–H groups in total. The fraction of sp³-hybridized carbons (Fsp3) is 0.778. The topological polar surface area (TPSA) is 59.4 Å². The number of aryl methyl sites for hydroxylation is 1. The highest BCUT2D eigenvalue weighted by molar-refractivity contribution is 5.74. The highest BCUT2D eigenvalue weighted by Gasteiger charge is 2.31. The number of carbonyl (C=O) groups is 1. The zero-order valence-electron chi connectivity index (χ0n) is 15.1. The molecule has 1 aliphatic heterocycles. The second-order valence-electron chi connectivity index (χ2n) is 8.14. The van der Waals surface area contributed by atoms with Crippen LogP contribution >= 0.6 is 0 Å². The summed E-state index contributed by atoms with van der Waals surface area (Å²) in [5, 5.41) is 7.43. The van der Waals surface area contributed by atoms with E-state index in [4.69, 9.17) is 4.74 Å². The van der Waals surface area contributed by atoms with Gasteiger partial charge in [-0.15, -0.1) is 0 Å². The van der Waals surface area contributed by atoms with Crippen molar-refractivity contribution in [2.45, 2.75) is 52.7 Å². The van der Waals surface area contributed by atoms with Crippen molar-refractivity contribution in [2.24, 2.45) is 11.3 Å². The van der Waals surface area contributed by atoms with Crippen molar-refractivity contribution in [2.75, 3.05) is 26.2 Å². The summed E-state index contributed by atoms with van der Waals surface area (Å²) in [6.07, 6.45) is 7.54. The van der Waals surface area contributed by atoms with Crippen LogP contribution < -0.4 is 5.32 Å². The molecular weight excluding hydrogens is 304 g/mol. The second kappa shape index (κ2) is 7.13. The van der Waals surface area contributed by atoms with Gasteiger partial charge >= 0.3 is 6.03 Å². The van der Waals surface area contributed by atoms with E-state index in [1.165, 1.54) is 19.3 Å². The number of hydrogen-bond donors (Lipinski definition) is 1. The number of hydrogen-bond acceptors (Lipinski definition) is 3. The molecule has 0 radical (unpaired) electrons. The Bertz CT molecular complexity index is 569. The molecule has 1 saturated carbocycles. The van der Waals surface area contributed by atoms with Crippen LogP contribution in [0.2, 0.25) is 0 Å². The molecule has 2 atom stereocenters. The average Bonchev–Trinajstić information content (AvgIpc) is 3.10. The zero-order valence-corrected chi connectivity index (χ0v) is 15.1. The van der Waals surface area contributed by atoms with Crippen LogP contribution in [0.15, 0.2) is 12.4 Å². The van der Waals surface area contributed by atoms with Crippen LogP contribution in [-0.4, -0.2) is 53.1 Å². The molecule has 0 aromatic carbocycles. The number of ether oxygens (including phenoxy) is 1. The van der Waals surface area contributed by atoms with E-state index in [-0.39, 0.29) is 12.1 Å². The first-order valence-electron chi connectivity index (χ1n) is 9.05. The van der Waals surface area contributed by atoms with Crippen molar-refractivity contribution in [1.29, 1.82) is 0 Å². The normalized spacial score (nSPS) is 26.5. The first-order valence-corrected chi connectivity index (χ1v) is 9.05. The Morgan fingerprint density at radius 3 is 3.00 bits per heavy atom. The summed E-state index contributed by atoms with van der Waals surface area (Å²) in [5.41, 5.74) is 1.57. The monoisotopic (exact) mass is 334 g/mol. The average molecular weight is 334 g/mol. The molecule has 1 aliphatic carbocycles. The minimum Gasteiger partial charge on any atom is -0.373 e. The van der Waals surface area contributed by atoms with Gasteiger partial charge in [-0.1, -0.05) is 13.8 Å². The van der Waals surface area contributed by atoms with Crippen molar-refractivity contribution >= 4 is 6.03 Å². The second-order valence-corrected chi connectivity index (χ2v) is 8.14. The lowest BCUT2D eigenvalue weighted by atomic mass is 9.90. The molecule has 134 valence electrons. The van der Waals surface area contributed by atoms with Gasteiger partial charge in [0, 0.05) is 19.3 Å². The first-order chi connectivity index (χ1) is 11.4. The van der Waals surface area contributed by atoms with Crippen molar-refractivity contribution in [3.05, 3.63) is 18.0 Å². The lowest BCUT2D eigenvalue weighted by molar-refractivity contribution is -0.0238. The molecule has 24 heavy (non-hydrogen) atoms. The molecule has 2 amide bonds. The molecule has 2 aliphatic rings. The molecule has 0 bridgehead atoms. The van der Waals surface area contributed by atoms with E-state index in [0.717, 1.165) is 12.1 Å². The SMILES string of the molecule is Cc1cnn(CC2CN(C(=O)NCC3CCC(C)(C)C3)CCO2)c1. The van der Waals surface area contributed by atoms with E-state index in [2.05, 4.69) is 24.3 Å². The summed E-state index contributed by atoms with van der Waals surface area (Å²) in [6, 6.07) is 0.0460. The minimum atomic E-state index is 0.00853. The van der Waals surface area contributed by atoms with Gasteiger partial charge in [-0.05, 0) is 43.1 Å². The van der Waals surface area contributed by atoms with Crippen molar-refractivity contribution < 1.29 is 9.53 Å². The molecule has 2 heterocycles. The number of urea groups is 1. The van der Waals surface area contributed by atoms with Gasteiger partial charge in [0.05, 0.1) is 32.0 Å². The smallest absolute Gasteiger partial charge is 0.317 e. The van der Waals surface area contributed by atoms with E-state index in [1.807, 2.05) is 28.9 Å². The van der Waals surface area contributed by atoms with E-state index < -0.39 is 0 Å². The number of nitrogens with one attached hydrogen (secondary N) is 1. The van der Waals surface area contributed by atoms with Gasteiger partial charge in [0.15, 0.2) is 0 Å². The molecule has 1 saturated heterocycles. The van der Waals surface area contributed by atoms with Gasteiger partial charge in [0.2, 0.25) is 0 Å². The first kappa shape index (κ1) is 17.3. The number of nitrogens with zero attached hydrogens (tertiary/aromatic N) is 3. The Balaban J connectivity index is 1.44. The van der Waals surface area contributed by atoms with Crippen molar-refractivity contribution in [3.63, 3.8) is 0 Å². The lowest BCUT2D eigenvalue weighted by Crippen LogP contribution is -2.51. The fourth-order valence-electron chi connectivity index (χ4n) is 3.89. The summed E-state index contributed by atoms with van der Waals surface area (Å²) in [4.78, 5) is 14.3. The van der Waals surface area contributed by atoms with Crippen molar-refractivity contribution in [1.82, 2.24) is 20.0 Å². The number of amides is 2. The molecule has 2 fully saturated rings. The summed E-state index contributed by atoms with van der Waals surface area (Å²) in [5.74, 6) is 0.618. The molecule has 6 heteroatoms. The molecule has 0 spiro atoms. The maximum Gasteiger partial charge on any atom is 0.317 e. The van der Waals surface area contributed by atoms with Crippen molar-refractivity contribution in [3.8, 4) is 0 Å². The zero-order chi connectivity index (χ0) is 17.2. The van der Waals surface area contributed by atoms with Gasteiger partial charge in [-0.3, -0.25) is 4.68 Å². The molecule has 3 rings (SSSR count). The number of aromatic nitrogens is 2. The third kappa shape index (κ3) is 4.50. The van der Waals surface area contributed by atoms with Gasteiger partial charge in [-0.25, -0.2) is 4.79 Å². The number of rotatable bonds is 4. The molecular formula is C18H30N4O2. The summed E-state index contributed by atoms with van der Waals surface area (Å²) >= 11 is 0. The largest absolute Gasteiger partial charge is 0.373 e. The maximum atomic E-state index is 12.5. The standard InChI is InChI=1S/C18H30N4O2/c1-14-9-20-22(11-14)13-16-12-21(6-7-24-16)17(23)19-10-15-4-5-18(2,3)8-15/h9,11,15-16H,4-8,10,12-13H2,1-3H3,(H,19,23). The lowest BCUT2D eigenvalue weighted by Gasteiger charge is -2.33. The Morgan fingerprint density at radius 2 is 2.33 bits per heavy atom. The molecule has 1 aromatic heterocycles. The van der Waals surface area contributed by atoms with Crippen LogP contribution in [0.5, 0.6) is 0 Å². The summed E-state index contributed by atoms with van der Waals surface area (Å²) < 4.78 is 7.69. The molecule has 1 aromatic rings. The van der Waals surface area contributed by atoms with E-state index in [0.29, 0.717) is 37.6 Å². The Kier molecular flexibility index (Phi) is 5.13. The summed E-state index contributed by atoms with van der Waals surface area (Å²) in [6.45, 7) is 10.0. The third-order valence-electron chi connectivity index (χ3n) is 5.19. The predicted octanol–water partition coefficient (Wildman–Crippen LogP) is 2.43. The van der Waals surface area contributed by atoms with Gasteiger partial charge in [0.1, 0.15) is 0 Å². The van der Waals surface area contributed by atoms with E-state index >= 15 is 0 Å². The number of carbonyl (C=O) groups excluding carboxylic acids is 1. The maximum absolute atomic E-state index is 12.5. The van der Waals surface area contributed by atoms with Gasteiger partial charge < -0.3 is 15.0 Å². The molecule has 2 unspecified atom stereocenters.